The van der Waals surface area contributed by atoms with Gasteiger partial charge in [-0.1, -0.05) is 27.2 Å². The molecule has 1 unspecified atom stereocenters. The molecule has 0 aliphatic heterocycles. The lowest BCUT2D eigenvalue weighted by atomic mass is 9.99. The molecule has 0 radical (unpaired) electrons. The van der Waals surface area contributed by atoms with Crippen molar-refractivity contribution in [1.29, 1.82) is 0 Å². The van der Waals surface area contributed by atoms with Gasteiger partial charge in [-0.2, -0.15) is 0 Å². The van der Waals surface area contributed by atoms with E-state index < -0.39 is 12.0 Å². The minimum Gasteiger partial charge on any atom is -0.468 e. The lowest BCUT2D eigenvalue weighted by molar-refractivity contribution is -0.147. The van der Waals surface area contributed by atoms with Gasteiger partial charge in [0.15, 0.2) is 0 Å². The molecule has 100 valence electrons. The zero-order valence-electron chi connectivity index (χ0n) is 11.2. The van der Waals surface area contributed by atoms with Gasteiger partial charge < -0.3 is 15.4 Å². The summed E-state index contributed by atoms with van der Waals surface area (Å²) in [6.07, 6.45) is 1.63. The van der Waals surface area contributed by atoms with E-state index >= 15 is 0 Å². The molecule has 5 heteroatoms. The van der Waals surface area contributed by atoms with Crippen molar-refractivity contribution in [3.63, 3.8) is 0 Å². The second-order valence-corrected chi connectivity index (χ2v) is 4.25. The highest BCUT2D eigenvalue weighted by atomic mass is 16.5. The lowest BCUT2D eigenvalue weighted by Crippen LogP contribution is -2.49. The molecule has 0 fully saturated rings. The second-order valence-electron chi connectivity index (χ2n) is 4.25. The smallest absolute Gasteiger partial charge is 0.325 e. The second kappa shape index (κ2) is 8.06. The van der Waals surface area contributed by atoms with Crippen LogP contribution in [0.3, 0.4) is 0 Å². The van der Waals surface area contributed by atoms with Gasteiger partial charge in [-0.3, -0.25) is 9.59 Å². The zero-order chi connectivity index (χ0) is 13.4. The third-order valence-corrected chi connectivity index (χ3v) is 2.89. The number of ether oxygens (including phenoxy) is 1. The molecule has 5 nitrogen and oxygen atoms in total. The standard InChI is InChI=1S/C12H24N2O3/c1-5-7-14(8-10(15)17-4)12(16)11(13)9(3)6-2/h9,11H,5-8,13H2,1-4H3/t9?,11-/m0/s1. The molecular formula is C12H24N2O3. The quantitative estimate of drug-likeness (QED) is 0.671. The third kappa shape index (κ3) is 5.17. The van der Waals surface area contributed by atoms with Gasteiger partial charge in [0.25, 0.3) is 0 Å². The van der Waals surface area contributed by atoms with E-state index in [1.807, 2.05) is 20.8 Å². The molecule has 0 saturated heterocycles. The van der Waals surface area contributed by atoms with Crippen LogP contribution >= 0.6 is 0 Å². The normalized spacial score (nSPS) is 13.9. The Hall–Kier alpha value is -1.10. The van der Waals surface area contributed by atoms with E-state index in [2.05, 4.69) is 4.74 Å². The topological polar surface area (TPSA) is 72.6 Å². The Bertz CT molecular complexity index is 256. The highest BCUT2D eigenvalue weighted by Crippen LogP contribution is 2.09. The number of carbonyl (C=O) groups excluding carboxylic acids is 2. The van der Waals surface area contributed by atoms with Crippen molar-refractivity contribution in [3.05, 3.63) is 0 Å². The predicted molar refractivity (Wildman–Crippen MR) is 66.3 cm³/mol. The Morgan fingerprint density at radius 3 is 2.35 bits per heavy atom. The highest BCUT2D eigenvalue weighted by molar-refractivity contribution is 5.85. The Morgan fingerprint density at radius 2 is 1.94 bits per heavy atom. The van der Waals surface area contributed by atoms with Crippen molar-refractivity contribution in [1.82, 2.24) is 4.90 Å². The molecule has 0 bridgehead atoms. The van der Waals surface area contributed by atoms with Gasteiger partial charge >= 0.3 is 5.97 Å². The van der Waals surface area contributed by atoms with Crippen LogP contribution in [0.4, 0.5) is 0 Å². The zero-order valence-corrected chi connectivity index (χ0v) is 11.2. The van der Waals surface area contributed by atoms with Gasteiger partial charge in [0, 0.05) is 6.54 Å². The first-order chi connectivity index (χ1) is 7.97. The summed E-state index contributed by atoms with van der Waals surface area (Å²) in [7, 11) is 1.31. The molecule has 0 saturated carbocycles. The van der Waals surface area contributed by atoms with Gasteiger partial charge in [-0.15, -0.1) is 0 Å². The molecule has 0 heterocycles. The Labute approximate surface area is 103 Å². The molecular weight excluding hydrogens is 220 g/mol. The van der Waals surface area contributed by atoms with Crippen LogP contribution in [0.25, 0.3) is 0 Å². The van der Waals surface area contributed by atoms with Crippen molar-refractivity contribution in [3.8, 4) is 0 Å². The van der Waals surface area contributed by atoms with E-state index in [0.29, 0.717) is 6.54 Å². The van der Waals surface area contributed by atoms with Crippen molar-refractivity contribution < 1.29 is 14.3 Å². The molecule has 0 spiro atoms. The summed E-state index contributed by atoms with van der Waals surface area (Å²) in [5.74, 6) is -0.478. The van der Waals surface area contributed by atoms with Crippen LogP contribution in [-0.2, 0) is 14.3 Å². The van der Waals surface area contributed by atoms with Gasteiger partial charge in [-0.25, -0.2) is 0 Å². The van der Waals surface area contributed by atoms with E-state index in [0.717, 1.165) is 12.8 Å². The van der Waals surface area contributed by atoms with E-state index in [1.54, 1.807) is 0 Å². The number of hydrogen-bond donors (Lipinski definition) is 1. The monoisotopic (exact) mass is 244 g/mol. The summed E-state index contributed by atoms with van der Waals surface area (Å²) < 4.78 is 4.57. The molecule has 2 N–H and O–H groups in total. The van der Waals surface area contributed by atoms with Crippen molar-refractivity contribution in [2.45, 2.75) is 39.7 Å². The fraction of sp³-hybridized carbons (Fsp3) is 0.833. The predicted octanol–water partition coefficient (Wildman–Crippen LogP) is 0.771. The molecule has 0 aliphatic carbocycles. The lowest BCUT2D eigenvalue weighted by Gasteiger charge is -2.26. The van der Waals surface area contributed by atoms with Gasteiger partial charge in [0.05, 0.1) is 13.2 Å². The first-order valence-corrected chi connectivity index (χ1v) is 6.09. The average molecular weight is 244 g/mol. The summed E-state index contributed by atoms with van der Waals surface area (Å²) in [6.45, 7) is 6.38. The SMILES string of the molecule is CCCN(CC(=O)OC)C(=O)[C@@H](N)C(C)CC. The van der Waals surface area contributed by atoms with Crippen LogP contribution in [0.5, 0.6) is 0 Å². The first-order valence-electron chi connectivity index (χ1n) is 6.09. The van der Waals surface area contributed by atoms with Gasteiger partial charge in [0.2, 0.25) is 5.91 Å². The van der Waals surface area contributed by atoms with Crippen LogP contribution in [0, 0.1) is 5.92 Å². The van der Waals surface area contributed by atoms with Crippen LogP contribution in [0.2, 0.25) is 0 Å². The maximum absolute atomic E-state index is 12.1. The molecule has 0 aromatic carbocycles. The number of hydrogen-bond acceptors (Lipinski definition) is 4. The fourth-order valence-corrected chi connectivity index (χ4v) is 1.47. The molecule has 0 aromatic rings. The third-order valence-electron chi connectivity index (χ3n) is 2.89. The number of nitrogens with zero attached hydrogens (tertiary/aromatic N) is 1. The molecule has 0 rings (SSSR count). The van der Waals surface area contributed by atoms with E-state index in [-0.39, 0.29) is 18.4 Å². The Morgan fingerprint density at radius 1 is 1.35 bits per heavy atom. The van der Waals surface area contributed by atoms with Gasteiger partial charge in [0.1, 0.15) is 6.54 Å². The Balaban J connectivity index is 4.57. The summed E-state index contributed by atoms with van der Waals surface area (Å²) in [4.78, 5) is 24.8. The molecule has 17 heavy (non-hydrogen) atoms. The van der Waals surface area contributed by atoms with Crippen molar-refractivity contribution in [2.75, 3.05) is 20.2 Å². The van der Waals surface area contributed by atoms with Gasteiger partial charge in [-0.05, 0) is 12.3 Å². The summed E-state index contributed by atoms with van der Waals surface area (Å²) in [5.41, 5.74) is 5.88. The molecule has 0 aliphatic rings. The fourth-order valence-electron chi connectivity index (χ4n) is 1.47. The number of esters is 1. The van der Waals surface area contributed by atoms with Crippen molar-refractivity contribution >= 4 is 11.9 Å². The minimum atomic E-state index is -0.545. The Kier molecular flexibility index (Phi) is 7.54. The molecule has 1 amide bonds. The molecule has 2 atom stereocenters. The molecule has 0 aromatic heterocycles. The average Bonchev–Trinajstić information content (AvgIpc) is 2.35. The summed E-state index contributed by atoms with van der Waals surface area (Å²) in [6, 6.07) is -0.545. The number of nitrogens with two attached hydrogens (primary N) is 1. The maximum Gasteiger partial charge on any atom is 0.325 e. The summed E-state index contributed by atoms with van der Waals surface area (Å²) in [5, 5.41) is 0. The number of methoxy groups -OCH3 is 1. The van der Waals surface area contributed by atoms with Crippen LogP contribution in [-0.4, -0.2) is 43.0 Å². The number of carbonyl (C=O) groups is 2. The number of rotatable bonds is 7. The highest BCUT2D eigenvalue weighted by Gasteiger charge is 2.26. The minimum absolute atomic E-state index is 0.0205. The van der Waals surface area contributed by atoms with E-state index in [1.165, 1.54) is 12.0 Å². The van der Waals surface area contributed by atoms with E-state index in [9.17, 15) is 9.59 Å². The summed E-state index contributed by atoms with van der Waals surface area (Å²) >= 11 is 0. The van der Waals surface area contributed by atoms with Crippen molar-refractivity contribution in [2.24, 2.45) is 11.7 Å². The van der Waals surface area contributed by atoms with Crippen LogP contribution in [0.1, 0.15) is 33.6 Å². The van der Waals surface area contributed by atoms with Crippen LogP contribution in [0.15, 0.2) is 0 Å². The van der Waals surface area contributed by atoms with Crippen LogP contribution < -0.4 is 5.73 Å². The number of amides is 1. The largest absolute Gasteiger partial charge is 0.468 e. The first kappa shape index (κ1) is 15.9. The maximum atomic E-state index is 12.1. The van der Waals surface area contributed by atoms with E-state index in [4.69, 9.17) is 5.73 Å².